The molecule has 74 valence electrons. The summed E-state index contributed by atoms with van der Waals surface area (Å²) in [6, 6.07) is 2.06. The molecule has 0 saturated heterocycles. The third kappa shape index (κ3) is 1.99. The van der Waals surface area contributed by atoms with Crippen molar-refractivity contribution in [1.29, 1.82) is 5.26 Å². The molecule has 1 fully saturated rings. The van der Waals surface area contributed by atoms with Gasteiger partial charge in [-0.2, -0.15) is 5.26 Å². The molecule has 0 heterocycles. The number of nitrogens with zero attached hydrogens (tertiary/aromatic N) is 1. The van der Waals surface area contributed by atoms with E-state index in [-0.39, 0.29) is 0 Å². The van der Waals surface area contributed by atoms with E-state index in [1.807, 2.05) is 0 Å². The van der Waals surface area contributed by atoms with Crippen LogP contribution in [0.3, 0.4) is 0 Å². The maximum Gasteiger partial charge on any atom is 0.135 e. The molecule has 3 unspecified atom stereocenters. The second-order valence-electron chi connectivity index (χ2n) is 4.33. The normalized spacial score (nSPS) is 35.5. The third-order valence-corrected chi connectivity index (χ3v) is 2.94. The molecule has 0 spiro atoms. The maximum absolute atomic E-state index is 13.4. The summed E-state index contributed by atoms with van der Waals surface area (Å²) < 4.78 is 26.4. The Morgan fingerprint density at radius 3 is 2.46 bits per heavy atom. The summed E-state index contributed by atoms with van der Waals surface area (Å²) in [5, 5.41) is 8.81. The third-order valence-electron chi connectivity index (χ3n) is 2.94. The molecular formula is C10H15F2N. The van der Waals surface area contributed by atoms with Gasteiger partial charge in [0.05, 0.1) is 11.5 Å². The van der Waals surface area contributed by atoms with Crippen molar-refractivity contribution < 1.29 is 8.78 Å². The molecular weight excluding hydrogens is 172 g/mol. The summed E-state index contributed by atoms with van der Waals surface area (Å²) >= 11 is 0. The van der Waals surface area contributed by atoms with Gasteiger partial charge in [-0.3, -0.25) is 0 Å². The first-order chi connectivity index (χ1) is 5.99. The van der Waals surface area contributed by atoms with E-state index in [4.69, 9.17) is 5.26 Å². The highest BCUT2D eigenvalue weighted by Crippen LogP contribution is 2.40. The van der Waals surface area contributed by atoms with Crippen molar-refractivity contribution >= 4 is 0 Å². The number of hydrogen-bond acceptors (Lipinski definition) is 1. The fourth-order valence-corrected chi connectivity index (χ4v) is 1.95. The highest BCUT2D eigenvalue weighted by Gasteiger charge is 2.42. The van der Waals surface area contributed by atoms with Crippen LogP contribution in [0.15, 0.2) is 0 Å². The van der Waals surface area contributed by atoms with Crippen LogP contribution in [0.5, 0.6) is 0 Å². The van der Waals surface area contributed by atoms with E-state index in [2.05, 4.69) is 6.07 Å². The van der Waals surface area contributed by atoms with Crippen molar-refractivity contribution in [2.45, 2.75) is 45.5 Å². The van der Waals surface area contributed by atoms with Crippen molar-refractivity contribution in [2.24, 2.45) is 11.3 Å². The van der Waals surface area contributed by atoms with E-state index in [0.717, 1.165) is 0 Å². The molecule has 1 aliphatic rings. The van der Waals surface area contributed by atoms with Gasteiger partial charge in [-0.05, 0) is 26.7 Å². The predicted octanol–water partition coefficient (Wildman–Crippen LogP) is 3.01. The van der Waals surface area contributed by atoms with Gasteiger partial charge in [0.25, 0.3) is 0 Å². The van der Waals surface area contributed by atoms with Gasteiger partial charge in [0.1, 0.15) is 12.3 Å². The average Bonchev–Trinajstić information content (AvgIpc) is 2.09. The van der Waals surface area contributed by atoms with E-state index in [9.17, 15) is 8.78 Å². The molecule has 1 rings (SSSR count). The van der Waals surface area contributed by atoms with Gasteiger partial charge in [0.15, 0.2) is 0 Å². The highest BCUT2D eigenvalue weighted by atomic mass is 19.2. The van der Waals surface area contributed by atoms with Crippen molar-refractivity contribution in [3.05, 3.63) is 0 Å². The molecule has 1 nitrogen and oxygen atoms in total. The van der Waals surface area contributed by atoms with Crippen LogP contribution in [0, 0.1) is 22.7 Å². The second kappa shape index (κ2) is 3.61. The molecule has 3 atom stereocenters. The van der Waals surface area contributed by atoms with E-state index in [1.165, 1.54) is 0 Å². The topological polar surface area (TPSA) is 23.8 Å². The summed E-state index contributed by atoms with van der Waals surface area (Å²) in [5.74, 6) is -0.443. The largest absolute Gasteiger partial charge is 0.244 e. The zero-order valence-corrected chi connectivity index (χ0v) is 8.06. The van der Waals surface area contributed by atoms with Crippen molar-refractivity contribution in [2.75, 3.05) is 0 Å². The van der Waals surface area contributed by atoms with Crippen LogP contribution >= 0.6 is 0 Å². The Hall–Kier alpha value is -0.650. The first-order valence-electron chi connectivity index (χ1n) is 4.68. The molecule has 0 N–H and O–H groups in total. The fraction of sp³-hybridized carbons (Fsp3) is 0.900. The van der Waals surface area contributed by atoms with E-state index < -0.39 is 23.7 Å². The summed E-state index contributed by atoms with van der Waals surface area (Å²) in [5.41, 5.74) is -0.746. The number of nitriles is 1. The molecule has 0 aliphatic heterocycles. The van der Waals surface area contributed by atoms with E-state index >= 15 is 0 Å². The fourth-order valence-electron chi connectivity index (χ4n) is 1.95. The Balaban J connectivity index is 2.75. The lowest BCUT2D eigenvalue weighted by molar-refractivity contribution is 0.0248. The molecule has 0 bridgehead atoms. The van der Waals surface area contributed by atoms with Crippen LogP contribution in [0.2, 0.25) is 0 Å². The number of halogens is 2. The Morgan fingerprint density at radius 2 is 1.92 bits per heavy atom. The first-order valence-corrected chi connectivity index (χ1v) is 4.68. The number of rotatable bonds is 1. The summed E-state index contributed by atoms with van der Waals surface area (Å²) in [4.78, 5) is 0. The van der Waals surface area contributed by atoms with Crippen LogP contribution < -0.4 is 0 Å². The van der Waals surface area contributed by atoms with Gasteiger partial charge >= 0.3 is 0 Å². The van der Waals surface area contributed by atoms with Crippen LogP contribution in [0.1, 0.15) is 33.1 Å². The standard InChI is InChI=1S/C10H15F2N/c1-10(2,6-13)7-4-3-5-8(11)9(7)12/h7-9H,3-5H2,1-2H3. The minimum absolute atomic E-state index is 0.305. The average molecular weight is 187 g/mol. The Bertz CT molecular complexity index is 219. The monoisotopic (exact) mass is 187 g/mol. The van der Waals surface area contributed by atoms with E-state index in [1.54, 1.807) is 13.8 Å². The molecule has 0 radical (unpaired) electrons. The summed E-state index contributed by atoms with van der Waals surface area (Å²) in [6.45, 7) is 3.37. The molecule has 0 amide bonds. The Kier molecular flexibility index (Phi) is 2.90. The quantitative estimate of drug-likeness (QED) is 0.619. The molecule has 0 aromatic rings. The van der Waals surface area contributed by atoms with Crippen molar-refractivity contribution in [3.8, 4) is 6.07 Å². The zero-order chi connectivity index (χ0) is 10.1. The van der Waals surface area contributed by atoms with Crippen LogP contribution in [0.25, 0.3) is 0 Å². The maximum atomic E-state index is 13.4. The second-order valence-corrected chi connectivity index (χ2v) is 4.33. The molecule has 3 heteroatoms. The smallest absolute Gasteiger partial charge is 0.135 e. The Morgan fingerprint density at radius 1 is 1.31 bits per heavy atom. The number of alkyl halides is 2. The SMILES string of the molecule is CC(C)(C#N)C1CCCC(F)C1F. The Labute approximate surface area is 77.7 Å². The summed E-state index contributed by atoms with van der Waals surface area (Å²) in [7, 11) is 0. The van der Waals surface area contributed by atoms with Crippen LogP contribution in [-0.2, 0) is 0 Å². The minimum atomic E-state index is -1.46. The highest BCUT2D eigenvalue weighted by molar-refractivity contribution is 5.02. The van der Waals surface area contributed by atoms with Gasteiger partial charge in [-0.1, -0.05) is 6.42 Å². The molecule has 1 aliphatic carbocycles. The first kappa shape index (κ1) is 10.4. The van der Waals surface area contributed by atoms with Gasteiger partial charge in [0.2, 0.25) is 0 Å². The van der Waals surface area contributed by atoms with Crippen molar-refractivity contribution in [3.63, 3.8) is 0 Å². The van der Waals surface area contributed by atoms with Crippen LogP contribution in [-0.4, -0.2) is 12.3 Å². The lowest BCUT2D eigenvalue weighted by Crippen LogP contribution is -2.39. The summed E-state index contributed by atoms with van der Waals surface area (Å²) in [6.07, 6.45) is -1.20. The van der Waals surface area contributed by atoms with E-state index in [0.29, 0.717) is 19.3 Å². The van der Waals surface area contributed by atoms with Gasteiger partial charge in [-0.25, -0.2) is 8.78 Å². The molecule has 0 aromatic carbocycles. The van der Waals surface area contributed by atoms with Crippen LogP contribution in [0.4, 0.5) is 8.78 Å². The van der Waals surface area contributed by atoms with Gasteiger partial charge < -0.3 is 0 Å². The molecule has 1 saturated carbocycles. The molecule has 13 heavy (non-hydrogen) atoms. The van der Waals surface area contributed by atoms with Crippen molar-refractivity contribution in [1.82, 2.24) is 0 Å². The predicted molar refractivity (Wildman–Crippen MR) is 46.5 cm³/mol. The zero-order valence-electron chi connectivity index (χ0n) is 8.06. The lowest BCUT2D eigenvalue weighted by Gasteiger charge is -2.35. The van der Waals surface area contributed by atoms with Gasteiger partial charge in [0, 0.05) is 5.92 Å². The molecule has 0 aromatic heterocycles. The van der Waals surface area contributed by atoms with Gasteiger partial charge in [-0.15, -0.1) is 0 Å². The number of hydrogen-bond donors (Lipinski definition) is 0. The lowest BCUT2D eigenvalue weighted by atomic mass is 9.70. The minimum Gasteiger partial charge on any atom is -0.244 e.